The zero-order chi connectivity index (χ0) is 54.2. The Morgan fingerprint density at radius 2 is 1.21 bits per heavy atom. The number of aliphatic hydroxyl groups excluding tert-OH is 1. The number of sulfonamides is 3. The van der Waals surface area contributed by atoms with Crippen LogP contribution in [-0.2, 0) is 52.5 Å². The van der Waals surface area contributed by atoms with Gasteiger partial charge in [-0.25, -0.2) is 30.0 Å². The number of nitrogens with two attached hydrogens (primary N) is 1. The molecule has 3 atom stereocenters. The van der Waals surface area contributed by atoms with Crippen molar-refractivity contribution in [3.8, 4) is 0 Å². The topological polar surface area (TPSA) is 209 Å². The summed E-state index contributed by atoms with van der Waals surface area (Å²) in [4.78, 5) is 15.4. The standard InChI is InChI=1S/C31H39N3O4S2.C25H35N3O6S/c1-26-11-15-30(16-12-26)39(35,36)33-21-7-19-32(25-29-9-5-4-6-10-29)20-8-22-34(24-28(3)23-33)40(37,38)31-17-13-27(2)14-18-31;1-18(2)15-28(35(31,32)22-10-8-20(26)9-11-22)16-24(29)23(14-19-6-4-3-5-7-19)27-25(30)34-21-12-13-33-17-21/h4-6,9-18H,3,7-8,19-25H2,1-2H3;3-11,18,21,23-24,29H,12-17,26H2,1-2H3,(H,27,30)/t;21-,23-,24+/m.0/s1. The van der Waals surface area contributed by atoms with Crippen LogP contribution >= 0.6 is 0 Å². The molecule has 0 spiro atoms. The predicted octanol–water partition coefficient (Wildman–Crippen LogP) is 7.24. The Morgan fingerprint density at radius 1 is 0.720 bits per heavy atom. The molecule has 1 amide bonds. The average molecular weight is 1090 g/mol. The van der Waals surface area contributed by atoms with Gasteiger partial charge in [0.2, 0.25) is 30.1 Å². The summed E-state index contributed by atoms with van der Waals surface area (Å²) in [5.41, 5.74) is 10.7. The second-order valence-electron chi connectivity index (χ2n) is 19.7. The molecule has 75 heavy (non-hydrogen) atoms. The van der Waals surface area contributed by atoms with E-state index in [2.05, 4.69) is 28.9 Å². The van der Waals surface area contributed by atoms with E-state index in [0.717, 1.165) is 22.3 Å². The number of rotatable bonds is 17. The fourth-order valence-electron chi connectivity index (χ4n) is 8.79. The second kappa shape index (κ2) is 27.5. The van der Waals surface area contributed by atoms with Crippen LogP contribution in [0.4, 0.5) is 10.5 Å². The SMILES string of the molecule is C=C1CN(S(=O)(=O)c2ccc(C)cc2)CCCN(Cc2ccccc2)CCCN(S(=O)(=O)c2ccc(C)cc2)C1.CC(C)CN(C[C@@H](O)[C@H](Cc1ccccc1)NC(=O)O[C@H]1CCOC1)S(=O)(=O)c1ccc(N)cc1. The molecule has 0 aliphatic carbocycles. The van der Waals surface area contributed by atoms with Crippen LogP contribution in [0.3, 0.4) is 0 Å². The Labute approximate surface area is 445 Å². The van der Waals surface area contributed by atoms with Gasteiger partial charge in [-0.1, -0.05) is 116 Å². The molecule has 2 fully saturated rings. The van der Waals surface area contributed by atoms with Crippen LogP contribution in [0.2, 0.25) is 0 Å². The molecule has 19 heteroatoms. The molecular weight excluding hydrogens is 1010 g/mol. The number of benzene rings is 5. The summed E-state index contributed by atoms with van der Waals surface area (Å²) in [6, 6.07) is 38.3. The first-order valence-electron chi connectivity index (χ1n) is 25.4. The zero-order valence-corrected chi connectivity index (χ0v) is 46.0. The number of hydrogen-bond donors (Lipinski definition) is 3. The number of nitrogens with one attached hydrogen (secondary N) is 1. The Hall–Kier alpha value is -5.48. The molecule has 2 heterocycles. The second-order valence-corrected chi connectivity index (χ2v) is 25.5. The Balaban J connectivity index is 0.000000246. The van der Waals surface area contributed by atoms with Crippen molar-refractivity contribution in [2.45, 2.75) is 92.9 Å². The number of carbonyl (C=O) groups excluding carboxylic acids is 1. The highest BCUT2D eigenvalue weighted by Crippen LogP contribution is 2.24. The fraction of sp³-hybridized carbons (Fsp3) is 0.411. The Kier molecular flexibility index (Phi) is 21.6. The summed E-state index contributed by atoms with van der Waals surface area (Å²) in [6.45, 7) is 15.4. The summed E-state index contributed by atoms with van der Waals surface area (Å²) >= 11 is 0. The van der Waals surface area contributed by atoms with Crippen LogP contribution in [0.5, 0.6) is 0 Å². The van der Waals surface area contributed by atoms with Gasteiger partial charge in [-0.3, -0.25) is 4.90 Å². The monoisotopic (exact) mass is 1090 g/mol. The lowest BCUT2D eigenvalue weighted by molar-refractivity contribution is 0.0644. The van der Waals surface area contributed by atoms with Gasteiger partial charge in [0.25, 0.3) is 0 Å². The first kappa shape index (κ1) is 58.8. The lowest BCUT2D eigenvalue weighted by atomic mass is 10.0. The average Bonchev–Trinajstić information content (AvgIpc) is 3.89. The Morgan fingerprint density at radius 3 is 1.69 bits per heavy atom. The van der Waals surface area contributed by atoms with Crippen molar-refractivity contribution in [3.05, 3.63) is 168 Å². The summed E-state index contributed by atoms with van der Waals surface area (Å²) < 4.78 is 96.4. The van der Waals surface area contributed by atoms with Gasteiger partial charge in [-0.2, -0.15) is 12.9 Å². The molecule has 5 aromatic rings. The maximum Gasteiger partial charge on any atom is 0.407 e. The minimum atomic E-state index is -3.90. The van der Waals surface area contributed by atoms with E-state index in [4.69, 9.17) is 15.2 Å². The van der Waals surface area contributed by atoms with E-state index in [0.29, 0.717) is 82.9 Å². The number of anilines is 1. The van der Waals surface area contributed by atoms with Crippen molar-refractivity contribution in [1.82, 2.24) is 23.1 Å². The highest BCUT2D eigenvalue weighted by molar-refractivity contribution is 7.89. The van der Waals surface area contributed by atoms with Gasteiger partial charge in [0.1, 0.15) is 6.10 Å². The van der Waals surface area contributed by atoms with Gasteiger partial charge in [0.15, 0.2) is 0 Å². The Bertz CT molecular complexity index is 2830. The molecule has 2 saturated heterocycles. The molecule has 16 nitrogen and oxygen atoms in total. The minimum absolute atomic E-state index is 0.0126. The van der Waals surface area contributed by atoms with Crippen LogP contribution < -0.4 is 11.1 Å². The lowest BCUT2D eigenvalue weighted by Crippen LogP contribution is -2.51. The van der Waals surface area contributed by atoms with Crippen LogP contribution in [-0.4, -0.2) is 138 Å². The molecule has 0 unspecified atom stereocenters. The number of amides is 1. The third-order valence-electron chi connectivity index (χ3n) is 12.8. The highest BCUT2D eigenvalue weighted by atomic mass is 32.2. The van der Waals surface area contributed by atoms with Gasteiger partial charge in [-0.05, 0) is 117 Å². The van der Waals surface area contributed by atoms with Crippen molar-refractivity contribution in [1.29, 1.82) is 0 Å². The summed E-state index contributed by atoms with van der Waals surface area (Å²) in [5.74, 6) is 0.0126. The van der Waals surface area contributed by atoms with Gasteiger partial charge in [0, 0.05) is 57.9 Å². The zero-order valence-electron chi connectivity index (χ0n) is 43.5. The molecule has 2 aliphatic rings. The number of alkyl carbamates (subject to hydrolysis) is 1. The third-order valence-corrected chi connectivity index (χ3v) is 18.4. The molecule has 7 rings (SSSR count). The predicted molar refractivity (Wildman–Crippen MR) is 293 cm³/mol. The van der Waals surface area contributed by atoms with E-state index in [1.165, 1.54) is 37.2 Å². The molecule has 5 aromatic carbocycles. The minimum Gasteiger partial charge on any atom is -0.444 e. The highest BCUT2D eigenvalue weighted by Gasteiger charge is 2.33. The number of nitrogens with zero attached hydrogens (tertiary/aromatic N) is 4. The summed E-state index contributed by atoms with van der Waals surface area (Å²) in [7, 11) is -11.5. The number of aliphatic hydroxyl groups is 1. The van der Waals surface area contributed by atoms with Crippen LogP contribution in [0, 0.1) is 19.8 Å². The fourth-order valence-corrected chi connectivity index (χ4v) is 13.4. The van der Waals surface area contributed by atoms with Crippen LogP contribution in [0.1, 0.15) is 55.4 Å². The first-order chi connectivity index (χ1) is 35.7. The van der Waals surface area contributed by atoms with E-state index < -0.39 is 48.3 Å². The van der Waals surface area contributed by atoms with Crippen molar-refractivity contribution in [2.75, 3.05) is 71.3 Å². The number of carbonyl (C=O) groups is 1. The van der Waals surface area contributed by atoms with Crippen LogP contribution in [0.15, 0.2) is 160 Å². The molecule has 0 radical (unpaired) electrons. The van der Waals surface area contributed by atoms with E-state index in [-0.39, 0.29) is 52.9 Å². The summed E-state index contributed by atoms with van der Waals surface area (Å²) in [6.07, 6.45) is 0.0135. The largest absolute Gasteiger partial charge is 0.444 e. The van der Waals surface area contributed by atoms with Crippen LogP contribution in [0.25, 0.3) is 0 Å². The molecule has 0 bridgehead atoms. The van der Waals surface area contributed by atoms with Crippen molar-refractivity contribution < 1.29 is 44.6 Å². The van der Waals surface area contributed by atoms with E-state index in [9.17, 15) is 35.2 Å². The normalized spacial score (nSPS) is 17.8. The molecule has 2 aliphatic heterocycles. The maximum absolute atomic E-state index is 13.7. The third kappa shape index (κ3) is 17.5. The smallest absolute Gasteiger partial charge is 0.407 e. The maximum atomic E-state index is 13.7. The quantitative estimate of drug-likeness (QED) is 0.0622. The number of ether oxygens (including phenoxy) is 2. The van der Waals surface area contributed by atoms with Gasteiger partial charge in [0.05, 0.1) is 40.0 Å². The first-order valence-corrected chi connectivity index (χ1v) is 29.7. The van der Waals surface area contributed by atoms with Crippen molar-refractivity contribution >= 4 is 41.9 Å². The van der Waals surface area contributed by atoms with Gasteiger partial charge in [-0.15, -0.1) is 0 Å². The molecule has 0 aromatic heterocycles. The molecular formula is C56H74N6O10S3. The van der Waals surface area contributed by atoms with E-state index in [1.807, 2.05) is 76.2 Å². The number of nitrogen functional groups attached to an aromatic ring is 1. The number of aryl methyl sites for hydroxylation is 2. The van der Waals surface area contributed by atoms with Crippen molar-refractivity contribution in [2.24, 2.45) is 5.92 Å². The molecule has 406 valence electrons. The van der Waals surface area contributed by atoms with Gasteiger partial charge >= 0.3 is 6.09 Å². The lowest BCUT2D eigenvalue weighted by Gasteiger charge is -2.30. The number of hydrogen-bond acceptors (Lipinski definition) is 12. The van der Waals surface area contributed by atoms with Crippen molar-refractivity contribution in [3.63, 3.8) is 0 Å². The molecule has 4 N–H and O–H groups in total. The van der Waals surface area contributed by atoms with E-state index in [1.54, 1.807) is 48.5 Å². The molecule has 0 saturated carbocycles. The van der Waals surface area contributed by atoms with E-state index >= 15 is 0 Å². The summed E-state index contributed by atoms with van der Waals surface area (Å²) in [5, 5.41) is 13.9. The van der Waals surface area contributed by atoms with Gasteiger partial charge < -0.3 is 25.6 Å².